The molecule has 154 valence electrons. The van der Waals surface area contributed by atoms with Gasteiger partial charge in [-0.3, -0.25) is 4.79 Å². The zero-order chi connectivity index (χ0) is 21.2. The molecule has 0 radical (unpaired) electrons. The van der Waals surface area contributed by atoms with Gasteiger partial charge in [0.1, 0.15) is 0 Å². The molecule has 0 aromatic heterocycles. The van der Waals surface area contributed by atoms with Crippen LogP contribution in [0.15, 0.2) is 47.4 Å². The largest absolute Gasteiger partial charge is 0.491 e. The zero-order valence-corrected chi connectivity index (χ0v) is 17.9. The number of carbonyl (C=O) groups excluding carboxylic acids is 2. The van der Waals surface area contributed by atoms with Gasteiger partial charge < -0.3 is 19.5 Å². The van der Waals surface area contributed by atoms with E-state index in [9.17, 15) is 9.59 Å². The molecule has 0 heterocycles. The molecule has 0 saturated heterocycles. The summed E-state index contributed by atoms with van der Waals surface area (Å²) >= 11 is 7.78. The van der Waals surface area contributed by atoms with Crippen molar-refractivity contribution in [2.45, 2.75) is 11.8 Å². The van der Waals surface area contributed by atoms with Crippen molar-refractivity contribution in [3.05, 3.63) is 53.1 Å². The molecular formula is C21H22ClNO5S. The first-order valence-electron chi connectivity index (χ1n) is 8.75. The standard InChI is InChI=1S/C21H22ClNO5S/c1-4-27-18-12-14(11-17(22)21(18)26-2)5-10-20(25)28-13-19(24)23-15-6-8-16(29-3)9-7-15/h5-12H,4,13H2,1-3H3,(H,23,24)/b10-5+. The van der Waals surface area contributed by atoms with E-state index in [1.165, 1.54) is 19.3 Å². The maximum absolute atomic E-state index is 11.9. The van der Waals surface area contributed by atoms with Gasteiger partial charge in [0, 0.05) is 16.7 Å². The quantitative estimate of drug-likeness (QED) is 0.350. The Morgan fingerprint density at radius 3 is 2.55 bits per heavy atom. The smallest absolute Gasteiger partial charge is 0.331 e. The first-order valence-corrected chi connectivity index (χ1v) is 10.4. The van der Waals surface area contributed by atoms with Gasteiger partial charge in [-0.15, -0.1) is 11.8 Å². The minimum atomic E-state index is -0.650. The topological polar surface area (TPSA) is 73.9 Å². The molecule has 0 aliphatic heterocycles. The Morgan fingerprint density at radius 1 is 1.21 bits per heavy atom. The molecule has 0 aliphatic rings. The van der Waals surface area contributed by atoms with Crippen LogP contribution >= 0.6 is 23.4 Å². The number of amides is 1. The van der Waals surface area contributed by atoms with Gasteiger partial charge in [0.05, 0.1) is 18.7 Å². The summed E-state index contributed by atoms with van der Waals surface area (Å²) in [7, 11) is 1.50. The van der Waals surface area contributed by atoms with Crippen LogP contribution in [0.2, 0.25) is 5.02 Å². The molecular weight excluding hydrogens is 414 g/mol. The van der Waals surface area contributed by atoms with Crippen molar-refractivity contribution in [1.29, 1.82) is 0 Å². The molecule has 1 N–H and O–H groups in total. The predicted molar refractivity (Wildman–Crippen MR) is 116 cm³/mol. The molecule has 0 unspecified atom stereocenters. The average Bonchev–Trinajstić information content (AvgIpc) is 2.71. The van der Waals surface area contributed by atoms with E-state index < -0.39 is 11.9 Å². The maximum atomic E-state index is 11.9. The van der Waals surface area contributed by atoms with Crippen LogP contribution in [0.5, 0.6) is 11.5 Å². The van der Waals surface area contributed by atoms with Gasteiger partial charge in [-0.05, 0) is 61.2 Å². The second kappa shape index (κ2) is 11.4. The number of halogens is 1. The number of nitrogens with one attached hydrogen (secondary N) is 1. The molecule has 1 amide bonds. The highest BCUT2D eigenvalue weighted by Crippen LogP contribution is 2.36. The van der Waals surface area contributed by atoms with Crippen LogP contribution in [-0.4, -0.2) is 38.5 Å². The van der Waals surface area contributed by atoms with Crippen LogP contribution in [0, 0.1) is 0 Å². The number of hydrogen-bond donors (Lipinski definition) is 1. The van der Waals surface area contributed by atoms with Crippen molar-refractivity contribution in [3.63, 3.8) is 0 Å². The van der Waals surface area contributed by atoms with Gasteiger partial charge in [0.2, 0.25) is 0 Å². The first kappa shape index (κ1) is 22.6. The molecule has 0 atom stereocenters. The van der Waals surface area contributed by atoms with E-state index in [0.29, 0.717) is 34.4 Å². The molecule has 0 bridgehead atoms. The highest BCUT2D eigenvalue weighted by Gasteiger charge is 2.11. The van der Waals surface area contributed by atoms with Crippen LogP contribution in [0.3, 0.4) is 0 Å². The number of benzene rings is 2. The zero-order valence-electron chi connectivity index (χ0n) is 16.4. The average molecular weight is 436 g/mol. The van der Waals surface area contributed by atoms with Crippen LogP contribution in [0.4, 0.5) is 5.69 Å². The number of rotatable bonds is 9. The number of thioether (sulfide) groups is 1. The van der Waals surface area contributed by atoms with Crippen molar-refractivity contribution in [2.24, 2.45) is 0 Å². The molecule has 0 saturated carbocycles. The lowest BCUT2D eigenvalue weighted by Crippen LogP contribution is -2.20. The Hall–Kier alpha value is -2.64. The van der Waals surface area contributed by atoms with E-state index in [1.54, 1.807) is 36.0 Å². The van der Waals surface area contributed by atoms with Gasteiger partial charge >= 0.3 is 5.97 Å². The Bertz CT molecular complexity index is 883. The minimum absolute atomic E-state index is 0.360. The minimum Gasteiger partial charge on any atom is -0.491 e. The predicted octanol–water partition coefficient (Wildman–Crippen LogP) is 4.66. The van der Waals surface area contributed by atoms with E-state index in [0.717, 1.165) is 4.90 Å². The fraction of sp³-hybridized carbons (Fsp3) is 0.238. The summed E-state index contributed by atoms with van der Waals surface area (Å²) in [5.74, 6) is -0.171. The summed E-state index contributed by atoms with van der Waals surface area (Å²) in [6.07, 6.45) is 4.71. The van der Waals surface area contributed by atoms with E-state index >= 15 is 0 Å². The second-order valence-corrected chi connectivity index (χ2v) is 6.97. The Balaban J connectivity index is 1.91. The molecule has 6 nitrogen and oxygen atoms in total. The third kappa shape index (κ3) is 7.03. The summed E-state index contributed by atoms with van der Waals surface area (Å²) in [6.45, 7) is 1.90. The van der Waals surface area contributed by atoms with Crippen LogP contribution in [0.25, 0.3) is 6.08 Å². The lowest BCUT2D eigenvalue weighted by molar-refractivity contribution is -0.142. The van der Waals surface area contributed by atoms with Crippen LogP contribution in [0.1, 0.15) is 12.5 Å². The summed E-state index contributed by atoms with van der Waals surface area (Å²) < 4.78 is 15.7. The van der Waals surface area contributed by atoms with Crippen LogP contribution < -0.4 is 14.8 Å². The first-order chi connectivity index (χ1) is 14.0. The summed E-state index contributed by atoms with van der Waals surface area (Å²) in [5.41, 5.74) is 1.27. The number of carbonyl (C=O) groups is 2. The fourth-order valence-electron chi connectivity index (χ4n) is 2.37. The number of esters is 1. The van der Waals surface area contributed by atoms with E-state index in [-0.39, 0.29) is 6.61 Å². The number of ether oxygens (including phenoxy) is 3. The summed E-state index contributed by atoms with van der Waals surface area (Å²) in [4.78, 5) is 24.9. The van der Waals surface area contributed by atoms with Gasteiger partial charge in [-0.1, -0.05) is 11.6 Å². The van der Waals surface area contributed by atoms with E-state index in [1.807, 2.05) is 25.3 Å². The second-order valence-electron chi connectivity index (χ2n) is 5.68. The van der Waals surface area contributed by atoms with Gasteiger partial charge in [-0.2, -0.15) is 0 Å². The third-order valence-electron chi connectivity index (χ3n) is 3.67. The SMILES string of the molecule is CCOc1cc(/C=C/C(=O)OCC(=O)Nc2ccc(SC)cc2)cc(Cl)c1OC. The van der Waals surface area contributed by atoms with E-state index in [2.05, 4.69) is 5.32 Å². The van der Waals surface area contributed by atoms with Crippen molar-refractivity contribution < 1.29 is 23.8 Å². The molecule has 29 heavy (non-hydrogen) atoms. The molecule has 0 aliphatic carbocycles. The lowest BCUT2D eigenvalue weighted by atomic mass is 10.2. The fourth-order valence-corrected chi connectivity index (χ4v) is 3.07. The monoisotopic (exact) mass is 435 g/mol. The summed E-state index contributed by atoms with van der Waals surface area (Å²) in [6, 6.07) is 10.7. The Kier molecular flexibility index (Phi) is 8.89. The van der Waals surface area contributed by atoms with Crippen LogP contribution in [-0.2, 0) is 14.3 Å². The molecule has 0 spiro atoms. The lowest BCUT2D eigenvalue weighted by Gasteiger charge is -2.11. The summed E-state index contributed by atoms with van der Waals surface area (Å²) in [5, 5.41) is 3.03. The van der Waals surface area contributed by atoms with Crippen molar-refractivity contribution in [2.75, 3.05) is 31.9 Å². The van der Waals surface area contributed by atoms with Crippen molar-refractivity contribution >= 4 is 47.0 Å². The normalized spacial score (nSPS) is 10.6. The Morgan fingerprint density at radius 2 is 1.93 bits per heavy atom. The van der Waals surface area contributed by atoms with Crippen molar-refractivity contribution in [3.8, 4) is 11.5 Å². The number of methoxy groups -OCH3 is 1. The van der Waals surface area contributed by atoms with E-state index in [4.69, 9.17) is 25.8 Å². The molecule has 8 heteroatoms. The van der Waals surface area contributed by atoms with Gasteiger partial charge in [0.15, 0.2) is 18.1 Å². The molecule has 2 aromatic carbocycles. The molecule has 2 rings (SSSR count). The van der Waals surface area contributed by atoms with Gasteiger partial charge in [0.25, 0.3) is 5.91 Å². The highest BCUT2D eigenvalue weighted by molar-refractivity contribution is 7.98. The Labute approximate surface area is 179 Å². The maximum Gasteiger partial charge on any atom is 0.331 e. The molecule has 2 aromatic rings. The third-order valence-corrected chi connectivity index (χ3v) is 4.69. The van der Waals surface area contributed by atoms with Gasteiger partial charge in [-0.25, -0.2) is 4.79 Å². The number of anilines is 1. The number of hydrogen-bond acceptors (Lipinski definition) is 6. The highest BCUT2D eigenvalue weighted by atomic mass is 35.5. The molecule has 0 fully saturated rings. The van der Waals surface area contributed by atoms with Crippen molar-refractivity contribution in [1.82, 2.24) is 0 Å².